The van der Waals surface area contributed by atoms with Crippen LogP contribution >= 0.6 is 0 Å². The Balaban J connectivity index is 1.75. The number of sulfone groups is 1. The topological polar surface area (TPSA) is 52.6 Å². The largest absolute Gasteiger partial charge is 0.353 e. The van der Waals surface area contributed by atoms with Crippen LogP contribution in [0.3, 0.4) is 0 Å². The molecule has 5 heteroatoms. The lowest BCUT2D eigenvalue weighted by Crippen LogP contribution is -2.24. The molecule has 1 aliphatic rings. The quantitative estimate of drug-likeness (QED) is 0.776. The molecule has 0 bridgehead atoms. The van der Waals surface area contributed by atoms with E-state index in [0.29, 0.717) is 11.5 Å². The van der Waals surface area contributed by atoms with Crippen LogP contribution in [0.15, 0.2) is 35.2 Å². The summed E-state index contributed by atoms with van der Waals surface area (Å²) in [5, 5.41) is 0. The van der Waals surface area contributed by atoms with Gasteiger partial charge in [0.1, 0.15) is 0 Å². The zero-order valence-corrected chi connectivity index (χ0v) is 13.3. The molecule has 118 valence electrons. The van der Waals surface area contributed by atoms with Crippen LogP contribution in [0.2, 0.25) is 0 Å². The number of rotatable bonds is 7. The molecule has 21 heavy (non-hydrogen) atoms. The second-order valence-electron chi connectivity index (χ2n) is 5.66. The fourth-order valence-corrected chi connectivity index (χ4v) is 4.11. The molecule has 1 aliphatic heterocycles. The standard InChI is InChI=1S/C16H24O4S/c1-14(10-12-20-16-9-5-6-11-19-16)13-21(17,18)15-7-3-2-4-8-15/h2-4,7-8,14,16H,5-6,9-13H2,1H3/t14-,16-/m0/s1. The molecular formula is C16H24O4S. The first-order chi connectivity index (χ1) is 10.1. The molecule has 0 aliphatic carbocycles. The van der Waals surface area contributed by atoms with Gasteiger partial charge in [0.25, 0.3) is 0 Å². The Bertz CT molecular complexity index is 506. The van der Waals surface area contributed by atoms with Crippen LogP contribution in [0.1, 0.15) is 32.6 Å². The lowest BCUT2D eigenvalue weighted by Gasteiger charge is -2.23. The predicted molar refractivity (Wildman–Crippen MR) is 81.8 cm³/mol. The Morgan fingerprint density at radius 1 is 1.29 bits per heavy atom. The second kappa shape index (κ2) is 7.92. The van der Waals surface area contributed by atoms with Crippen molar-refractivity contribution in [1.29, 1.82) is 0 Å². The summed E-state index contributed by atoms with van der Waals surface area (Å²) >= 11 is 0. The maximum absolute atomic E-state index is 12.2. The van der Waals surface area contributed by atoms with E-state index in [0.717, 1.165) is 32.3 Å². The third-order valence-corrected chi connectivity index (χ3v) is 5.66. The van der Waals surface area contributed by atoms with Gasteiger partial charge in [-0.1, -0.05) is 25.1 Å². The van der Waals surface area contributed by atoms with Crippen molar-refractivity contribution in [2.24, 2.45) is 5.92 Å². The third kappa shape index (κ3) is 5.41. The zero-order chi connectivity index (χ0) is 15.1. The minimum absolute atomic E-state index is 0.0683. The van der Waals surface area contributed by atoms with E-state index in [1.807, 2.05) is 13.0 Å². The predicted octanol–water partition coefficient (Wildman–Crippen LogP) is 3.03. The first kappa shape index (κ1) is 16.5. The molecule has 0 radical (unpaired) electrons. The zero-order valence-electron chi connectivity index (χ0n) is 12.5. The van der Waals surface area contributed by atoms with Crippen molar-refractivity contribution < 1.29 is 17.9 Å². The smallest absolute Gasteiger partial charge is 0.178 e. The van der Waals surface area contributed by atoms with Gasteiger partial charge in [-0.25, -0.2) is 8.42 Å². The Hall–Kier alpha value is -0.910. The summed E-state index contributed by atoms with van der Waals surface area (Å²) in [5.74, 6) is 0.227. The highest BCUT2D eigenvalue weighted by molar-refractivity contribution is 7.91. The van der Waals surface area contributed by atoms with Gasteiger partial charge in [0, 0.05) is 6.61 Å². The molecule has 0 unspecified atom stereocenters. The summed E-state index contributed by atoms with van der Waals surface area (Å²) in [6.45, 7) is 3.27. The highest BCUT2D eigenvalue weighted by atomic mass is 32.2. The lowest BCUT2D eigenvalue weighted by molar-refractivity contribution is -0.163. The van der Waals surface area contributed by atoms with Gasteiger partial charge >= 0.3 is 0 Å². The molecule has 0 saturated carbocycles. The van der Waals surface area contributed by atoms with Gasteiger partial charge in [-0.05, 0) is 43.7 Å². The van der Waals surface area contributed by atoms with Crippen LogP contribution in [-0.2, 0) is 19.3 Å². The summed E-state index contributed by atoms with van der Waals surface area (Å²) in [4.78, 5) is 0.397. The molecule has 1 heterocycles. The summed E-state index contributed by atoms with van der Waals surface area (Å²) in [6.07, 6.45) is 3.81. The average Bonchev–Trinajstić information content (AvgIpc) is 2.49. The number of hydrogen-bond donors (Lipinski definition) is 0. The molecule has 0 N–H and O–H groups in total. The van der Waals surface area contributed by atoms with Crippen molar-refractivity contribution in [1.82, 2.24) is 0 Å². The highest BCUT2D eigenvalue weighted by Gasteiger charge is 2.19. The van der Waals surface area contributed by atoms with Gasteiger partial charge in [0.05, 0.1) is 17.3 Å². The van der Waals surface area contributed by atoms with Gasteiger partial charge in [0.2, 0.25) is 0 Å². The van der Waals surface area contributed by atoms with Crippen LogP contribution in [0.5, 0.6) is 0 Å². The van der Waals surface area contributed by atoms with Crippen LogP contribution in [-0.4, -0.2) is 33.7 Å². The lowest BCUT2D eigenvalue weighted by atomic mass is 10.1. The first-order valence-electron chi connectivity index (χ1n) is 7.59. The van der Waals surface area contributed by atoms with E-state index in [-0.39, 0.29) is 18.0 Å². The van der Waals surface area contributed by atoms with E-state index < -0.39 is 9.84 Å². The maximum atomic E-state index is 12.2. The van der Waals surface area contributed by atoms with Crippen molar-refractivity contribution in [3.05, 3.63) is 30.3 Å². The Kier molecular flexibility index (Phi) is 6.21. The number of ether oxygens (including phenoxy) is 2. The minimum Gasteiger partial charge on any atom is -0.353 e. The van der Waals surface area contributed by atoms with Gasteiger partial charge in [-0.15, -0.1) is 0 Å². The molecule has 1 fully saturated rings. The Morgan fingerprint density at radius 2 is 2.05 bits per heavy atom. The van der Waals surface area contributed by atoms with Crippen molar-refractivity contribution in [3.8, 4) is 0 Å². The fraction of sp³-hybridized carbons (Fsp3) is 0.625. The van der Waals surface area contributed by atoms with Crippen molar-refractivity contribution in [2.75, 3.05) is 19.0 Å². The van der Waals surface area contributed by atoms with Crippen molar-refractivity contribution in [2.45, 2.75) is 43.8 Å². The highest BCUT2D eigenvalue weighted by Crippen LogP contribution is 2.17. The van der Waals surface area contributed by atoms with E-state index >= 15 is 0 Å². The van der Waals surface area contributed by atoms with E-state index in [4.69, 9.17) is 9.47 Å². The minimum atomic E-state index is -3.20. The monoisotopic (exact) mass is 312 g/mol. The summed E-state index contributed by atoms with van der Waals surface area (Å²) in [7, 11) is -3.20. The van der Waals surface area contributed by atoms with Crippen molar-refractivity contribution >= 4 is 9.84 Å². The van der Waals surface area contributed by atoms with E-state index in [9.17, 15) is 8.42 Å². The molecule has 1 saturated heterocycles. The van der Waals surface area contributed by atoms with Crippen molar-refractivity contribution in [3.63, 3.8) is 0 Å². The molecule has 0 aromatic heterocycles. The third-order valence-electron chi connectivity index (χ3n) is 3.66. The van der Waals surface area contributed by atoms with E-state index in [2.05, 4.69) is 0 Å². The van der Waals surface area contributed by atoms with E-state index in [1.54, 1.807) is 24.3 Å². The first-order valence-corrected chi connectivity index (χ1v) is 9.24. The van der Waals surface area contributed by atoms with E-state index in [1.165, 1.54) is 0 Å². The molecule has 4 nitrogen and oxygen atoms in total. The number of benzene rings is 1. The van der Waals surface area contributed by atoms with Gasteiger partial charge in [0.15, 0.2) is 16.1 Å². The molecule has 2 atom stereocenters. The maximum Gasteiger partial charge on any atom is 0.178 e. The molecule has 0 amide bonds. The molecule has 0 spiro atoms. The molecular weight excluding hydrogens is 288 g/mol. The summed E-state index contributed by atoms with van der Waals surface area (Å²) < 4.78 is 35.6. The van der Waals surface area contributed by atoms with Crippen LogP contribution in [0.25, 0.3) is 0 Å². The van der Waals surface area contributed by atoms with Crippen LogP contribution in [0.4, 0.5) is 0 Å². The summed E-state index contributed by atoms with van der Waals surface area (Å²) in [5.41, 5.74) is 0. The second-order valence-corrected chi connectivity index (χ2v) is 7.69. The van der Waals surface area contributed by atoms with Crippen LogP contribution in [0, 0.1) is 5.92 Å². The Morgan fingerprint density at radius 3 is 2.71 bits per heavy atom. The van der Waals surface area contributed by atoms with Gasteiger partial charge < -0.3 is 9.47 Å². The van der Waals surface area contributed by atoms with Crippen LogP contribution < -0.4 is 0 Å². The molecule has 1 aromatic carbocycles. The molecule has 1 aromatic rings. The number of hydrogen-bond acceptors (Lipinski definition) is 4. The fourth-order valence-electron chi connectivity index (χ4n) is 2.43. The van der Waals surface area contributed by atoms with Gasteiger partial charge in [-0.3, -0.25) is 0 Å². The summed E-state index contributed by atoms with van der Waals surface area (Å²) in [6, 6.07) is 8.62. The SMILES string of the molecule is C[C@@H](CCO[C@H]1CCCCO1)CS(=O)(=O)c1ccccc1. The Labute approximate surface area is 127 Å². The molecule has 2 rings (SSSR count). The normalized spacial score (nSPS) is 21.1. The average molecular weight is 312 g/mol. The van der Waals surface area contributed by atoms with Gasteiger partial charge in [-0.2, -0.15) is 0 Å².